The van der Waals surface area contributed by atoms with Gasteiger partial charge in [-0.15, -0.1) is 0 Å². The number of aromatic nitrogens is 2. The summed E-state index contributed by atoms with van der Waals surface area (Å²) >= 11 is 7.60. The van der Waals surface area contributed by atoms with E-state index in [9.17, 15) is 9.18 Å². The number of nitrogens with one attached hydrogen (secondary N) is 1. The zero-order chi connectivity index (χ0) is 16.3. The van der Waals surface area contributed by atoms with Gasteiger partial charge in [-0.1, -0.05) is 50.2 Å². The summed E-state index contributed by atoms with van der Waals surface area (Å²) in [6, 6.07) is 5.95. The van der Waals surface area contributed by atoms with E-state index in [0.717, 1.165) is 6.42 Å². The van der Waals surface area contributed by atoms with Gasteiger partial charge in [-0.05, 0) is 18.6 Å². The molecule has 0 saturated carbocycles. The Morgan fingerprint density at radius 3 is 2.77 bits per heavy atom. The molecule has 0 unspecified atom stereocenters. The van der Waals surface area contributed by atoms with Crippen molar-refractivity contribution in [3.05, 3.63) is 56.7 Å². The quantitative estimate of drug-likeness (QED) is 0.639. The van der Waals surface area contributed by atoms with E-state index in [2.05, 4.69) is 23.8 Å². The summed E-state index contributed by atoms with van der Waals surface area (Å²) in [5.41, 5.74) is 0.637. The van der Waals surface area contributed by atoms with E-state index in [1.807, 2.05) is 0 Å². The largest absolute Gasteiger partial charge is 0.301 e. The summed E-state index contributed by atoms with van der Waals surface area (Å²) in [5.74, 6) is -0.787. The highest BCUT2D eigenvalue weighted by atomic mass is 35.5. The normalized spacial score (nSPS) is 13.9. The smallest absolute Gasteiger partial charge is 0.251 e. The fourth-order valence-corrected chi connectivity index (χ4v) is 3.27. The van der Waals surface area contributed by atoms with E-state index in [1.54, 1.807) is 19.1 Å². The van der Waals surface area contributed by atoms with E-state index >= 15 is 0 Å². The van der Waals surface area contributed by atoms with Crippen LogP contribution >= 0.6 is 23.4 Å². The first-order chi connectivity index (χ1) is 10.4. The van der Waals surface area contributed by atoms with Gasteiger partial charge in [0.1, 0.15) is 5.82 Å². The Hall–Kier alpha value is -1.33. The first-order valence-corrected chi connectivity index (χ1v) is 8.40. The summed E-state index contributed by atoms with van der Waals surface area (Å²) in [6.07, 6.45) is 0.966. The number of H-pyrrole nitrogens is 1. The topological polar surface area (TPSA) is 45.8 Å². The molecule has 0 aliphatic carbocycles. The lowest BCUT2D eigenvalue weighted by atomic mass is 9.97. The van der Waals surface area contributed by atoms with Crippen LogP contribution in [0.25, 0.3) is 0 Å². The van der Waals surface area contributed by atoms with Crippen molar-refractivity contribution in [1.82, 2.24) is 9.97 Å². The molecule has 0 aliphatic heterocycles. The maximum atomic E-state index is 14.0. The second-order valence-corrected chi connectivity index (χ2v) is 7.00. The Morgan fingerprint density at radius 2 is 2.14 bits per heavy atom. The predicted octanol–water partition coefficient (Wildman–Crippen LogP) is 4.60. The average Bonchev–Trinajstić information content (AvgIpc) is 2.46. The highest BCUT2D eigenvalue weighted by molar-refractivity contribution is 7.99. The lowest BCUT2D eigenvalue weighted by Crippen LogP contribution is -2.14. The molecule has 0 amide bonds. The Labute approximate surface area is 138 Å². The second-order valence-electron chi connectivity index (χ2n) is 5.17. The molecule has 0 radical (unpaired) electrons. The van der Waals surface area contributed by atoms with Crippen molar-refractivity contribution in [1.29, 1.82) is 0 Å². The van der Waals surface area contributed by atoms with Crippen LogP contribution < -0.4 is 5.56 Å². The van der Waals surface area contributed by atoms with Crippen molar-refractivity contribution in [2.75, 3.05) is 0 Å². The number of halogens is 2. The van der Waals surface area contributed by atoms with Crippen molar-refractivity contribution in [2.45, 2.75) is 43.5 Å². The zero-order valence-corrected chi connectivity index (χ0v) is 14.3. The van der Waals surface area contributed by atoms with Gasteiger partial charge in [0.2, 0.25) is 0 Å². The molecule has 0 spiro atoms. The molecule has 0 fully saturated rings. The highest BCUT2D eigenvalue weighted by Gasteiger charge is 2.19. The van der Waals surface area contributed by atoms with Gasteiger partial charge in [-0.2, -0.15) is 0 Å². The van der Waals surface area contributed by atoms with Crippen LogP contribution in [0, 0.1) is 5.82 Å². The number of rotatable bonds is 5. The first kappa shape index (κ1) is 17.0. The Bertz CT molecular complexity index is 699. The molecule has 1 heterocycles. The summed E-state index contributed by atoms with van der Waals surface area (Å²) in [5, 5.41) is 1.23. The van der Waals surface area contributed by atoms with Gasteiger partial charge in [0.25, 0.3) is 5.56 Å². The minimum absolute atomic E-state index is 0.241. The van der Waals surface area contributed by atoms with Crippen LogP contribution in [-0.4, -0.2) is 15.2 Å². The number of hydrogen-bond acceptors (Lipinski definition) is 3. The Morgan fingerprint density at radius 1 is 1.41 bits per heavy atom. The van der Waals surface area contributed by atoms with Crippen LogP contribution in [0.15, 0.2) is 34.2 Å². The molecule has 6 heteroatoms. The minimum atomic E-state index is -0.396. The van der Waals surface area contributed by atoms with Gasteiger partial charge in [0.05, 0.1) is 5.69 Å². The number of nitrogens with zero attached hydrogens (tertiary/aromatic N) is 1. The van der Waals surface area contributed by atoms with Crippen LogP contribution in [0.5, 0.6) is 0 Å². The zero-order valence-electron chi connectivity index (χ0n) is 12.7. The highest BCUT2D eigenvalue weighted by Crippen LogP contribution is 2.31. The van der Waals surface area contributed by atoms with Crippen LogP contribution in [0.2, 0.25) is 5.02 Å². The predicted molar refractivity (Wildman–Crippen MR) is 89.4 cm³/mol. The molecule has 3 nitrogen and oxygen atoms in total. The van der Waals surface area contributed by atoms with Gasteiger partial charge in [-0.25, -0.2) is 9.37 Å². The maximum absolute atomic E-state index is 14.0. The minimum Gasteiger partial charge on any atom is -0.301 e. The summed E-state index contributed by atoms with van der Waals surface area (Å²) in [6.45, 7) is 5.93. The monoisotopic (exact) mass is 340 g/mol. The van der Waals surface area contributed by atoms with Crippen molar-refractivity contribution < 1.29 is 4.39 Å². The first-order valence-electron chi connectivity index (χ1n) is 7.14. The van der Waals surface area contributed by atoms with Gasteiger partial charge >= 0.3 is 0 Å². The molecule has 0 saturated heterocycles. The fourth-order valence-electron chi connectivity index (χ4n) is 2.08. The molecule has 1 aromatic heterocycles. The maximum Gasteiger partial charge on any atom is 0.251 e. The standard InChI is InChI=1S/C16H18ClFN2OS/c1-4-9(2)22-16-19-13(8-14(21)20-16)10(3)15-11(17)6-5-7-12(15)18/h5-10H,4H2,1-3H3,(H,19,20,21)/t9-,10+/m0/s1. The fraction of sp³-hybridized carbons (Fsp3) is 0.375. The van der Waals surface area contributed by atoms with Crippen LogP contribution in [0.1, 0.15) is 44.4 Å². The molecular weight excluding hydrogens is 323 g/mol. The SMILES string of the molecule is CC[C@H](C)Sc1nc([C@@H](C)c2c(F)cccc2Cl)cc(=O)[nH]1. The third kappa shape index (κ3) is 3.90. The van der Waals surface area contributed by atoms with E-state index in [1.165, 1.54) is 23.9 Å². The molecule has 0 bridgehead atoms. The van der Waals surface area contributed by atoms with Crippen molar-refractivity contribution in [3.8, 4) is 0 Å². The van der Waals surface area contributed by atoms with Gasteiger partial charge < -0.3 is 4.98 Å². The third-order valence-corrected chi connectivity index (χ3v) is 4.99. The lowest BCUT2D eigenvalue weighted by molar-refractivity contribution is 0.599. The molecule has 22 heavy (non-hydrogen) atoms. The van der Waals surface area contributed by atoms with Crippen molar-refractivity contribution in [2.24, 2.45) is 0 Å². The molecular formula is C16H18ClFN2OS. The average molecular weight is 341 g/mol. The Balaban J connectivity index is 2.41. The molecule has 1 aromatic carbocycles. The number of benzene rings is 1. The van der Waals surface area contributed by atoms with Crippen molar-refractivity contribution >= 4 is 23.4 Å². The molecule has 0 aliphatic rings. The second kappa shape index (κ2) is 7.29. The van der Waals surface area contributed by atoms with Crippen molar-refractivity contribution in [3.63, 3.8) is 0 Å². The van der Waals surface area contributed by atoms with Crippen LogP contribution in [0.4, 0.5) is 4.39 Å². The number of thioether (sulfide) groups is 1. The molecule has 2 rings (SSSR count). The van der Waals surface area contributed by atoms with Gasteiger partial charge in [-0.3, -0.25) is 4.79 Å². The third-order valence-electron chi connectivity index (χ3n) is 3.50. The molecule has 2 atom stereocenters. The Kier molecular flexibility index (Phi) is 5.64. The van der Waals surface area contributed by atoms with Crippen LogP contribution in [-0.2, 0) is 0 Å². The van der Waals surface area contributed by atoms with Gasteiger partial charge in [0.15, 0.2) is 5.16 Å². The summed E-state index contributed by atoms with van der Waals surface area (Å²) in [4.78, 5) is 19.0. The van der Waals surface area contributed by atoms with E-state index in [-0.39, 0.29) is 5.56 Å². The van der Waals surface area contributed by atoms with Crippen LogP contribution in [0.3, 0.4) is 0 Å². The van der Waals surface area contributed by atoms with E-state index < -0.39 is 11.7 Å². The molecule has 2 aromatic rings. The number of hydrogen-bond donors (Lipinski definition) is 1. The molecule has 118 valence electrons. The van der Waals surface area contributed by atoms with E-state index in [4.69, 9.17) is 11.6 Å². The van der Waals surface area contributed by atoms with E-state index in [0.29, 0.717) is 26.7 Å². The summed E-state index contributed by atoms with van der Waals surface area (Å²) < 4.78 is 14.0. The lowest BCUT2D eigenvalue weighted by Gasteiger charge is -2.15. The number of aromatic amines is 1. The van der Waals surface area contributed by atoms with Gasteiger partial charge in [0, 0.05) is 27.8 Å². The summed E-state index contributed by atoms with van der Waals surface area (Å²) in [7, 11) is 0. The molecule has 1 N–H and O–H groups in total.